The van der Waals surface area contributed by atoms with Crippen LogP contribution < -0.4 is 5.32 Å². The first-order chi connectivity index (χ1) is 13.3. The van der Waals surface area contributed by atoms with Crippen LogP contribution in [0.5, 0.6) is 0 Å². The smallest absolute Gasteiger partial charge is 0.245 e. The van der Waals surface area contributed by atoms with Crippen molar-refractivity contribution in [2.24, 2.45) is 5.92 Å². The van der Waals surface area contributed by atoms with Crippen LogP contribution >= 0.6 is 0 Å². The molecule has 0 aliphatic carbocycles. The van der Waals surface area contributed by atoms with Crippen LogP contribution in [0.15, 0.2) is 49.6 Å². The third kappa shape index (κ3) is 4.68. The number of carbonyl (C=O) groups excluding carboxylic acids is 3. The third-order valence-electron chi connectivity index (χ3n) is 5.08. The highest BCUT2D eigenvalue weighted by molar-refractivity contribution is 5.93. The fourth-order valence-corrected chi connectivity index (χ4v) is 3.55. The van der Waals surface area contributed by atoms with E-state index in [1.165, 1.54) is 0 Å². The summed E-state index contributed by atoms with van der Waals surface area (Å²) in [5, 5.41) is 2.79. The summed E-state index contributed by atoms with van der Waals surface area (Å²) in [6, 6.07) is 6.78. The van der Waals surface area contributed by atoms with Crippen LogP contribution in [-0.2, 0) is 14.4 Å². The Labute approximate surface area is 166 Å². The van der Waals surface area contributed by atoms with Crippen LogP contribution in [0.1, 0.15) is 30.5 Å². The molecule has 1 aliphatic rings. The molecule has 28 heavy (non-hydrogen) atoms. The van der Waals surface area contributed by atoms with Crippen molar-refractivity contribution >= 4 is 17.7 Å². The lowest BCUT2D eigenvalue weighted by Gasteiger charge is -2.27. The highest BCUT2D eigenvalue weighted by atomic mass is 16.2. The number of nitrogens with zero attached hydrogens (tertiary/aromatic N) is 2. The van der Waals surface area contributed by atoms with E-state index in [9.17, 15) is 14.4 Å². The van der Waals surface area contributed by atoms with Crippen molar-refractivity contribution in [3.8, 4) is 0 Å². The molecule has 0 spiro atoms. The van der Waals surface area contributed by atoms with Gasteiger partial charge in [0.05, 0.1) is 12.0 Å². The molecule has 3 amide bonds. The Bertz CT molecular complexity index is 747. The first-order valence-electron chi connectivity index (χ1n) is 9.43. The Kier molecular flexibility index (Phi) is 7.15. The Morgan fingerprint density at radius 3 is 2.36 bits per heavy atom. The Morgan fingerprint density at radius 2 is 1.82 bits per heavy atom. The molecule has 150 valence electrons. The van der Waals surface area contributed by atoms with Gasteiger partial charge in [-0.3, -0.25) is 14.4 Å². The summed E-state index contributed by atoms with van der Waals surface area (Å²) in [5.41, 5.74) is 2.03. The number of hydrogen-bond acceptors (Lipinski definition) is 3. The first-order valence-corrected chi connectivity index (χ1v) is 9.43. The molecule has 1 N–H and O–H groups in total. The van der Waals surface area contributed by atoms with E-state index < -0.39 is 12.0 Å². The molecule has 0 bridgehead atoms. The highest BCUT2D eigenvalue weighted by Crippen LogP contribution is 2.37. The lowest BCUT2D eigenvalue weighted by molar-refractivity contribution is -0.136. The van der Waals surface area contributed by atoms with E-state index in [1.807, 2.05) is 31.2 Å². The van der Waals surface area contributed by atoms with Crippen molar-refractivity contribution in [3.63, 3.8) is 0 Å². The molecule has 1 fully saturated rings. The third-order valence-corrected chi connectivity index (χ3v) is 5.08. The monoisotopic (exact) mass is 383 g/mol. The molecule has 0 saturated carbocycles. The van der Waals surface area contributed by atoms with Gasteiger partial charge < -0.3 is 15.1 Å². The average Bonchev–Trinajstić information content (AvgIpc) is 2.96. The van der Waals surface area contributed by atoms with Gasteiger partial charge in [-0.2, -0.15) is 0 Å². The highest BCUT2D eigenvalue weighted by Gasteiger charge is 2.43. The summed E-state index contributed by atoms with van der Waals surface area (Å²) in [6.07, 6.45) is 3.40. The molecule has 1 aromatic rings. The minimum absolute atomic E-state index is 0.0790. The second-order valence-electron chi connectivity index (χ2n) is 7.22. The molecular formula is C22H29N3O3. The SMILES string of the molecule is C=CCN(CC=C)C(=O)C(C)NC(=O)C1CC(=O)N(C)C1c1ccc(C)cc1. The molecule has 0 aromatic heterocycles. The van der Waals surface area contributed by atoms with E-state index in [0.29, 0.717) is 13.1 Å². The molecule has 6 heteroatoms. The van der Waals surface area contributed by atoms with Crippen LogP contribution in [-0.4, -0.2) is 53.7 Å². The van der Waals surface area contributed by atoms with Gasteiger partial charge in [-0.05, 0) is 19.4 Å². The minimum atomic E-state index is -0.702. The van der Waals surface area contributed by atoms with Crippen LogP contribution in [0, 0.1) is 12.8 Å². The lowest BCUT2D eigenvalue weighted by atomic mass is 9.92. The number of hydrogen-bond donors (Lipinski definition) is 1. The van der Waals surface area contributed by atoms with Crippen molar-refractivity contribution < 1.29 is 14.4 Å². The van der Waals surface area contributed by atoms with Gasteiger partial charge in [0.25, 0.3) is 0 Å². The fraction of sp³-hybridized carbons (Fsp3) is 0.409. The van der Waals surface area contributed by atoms with E-state index in [4.69, 9.17) is 0 Å². The normalized spacial score (nSPS) is 19.8. The summed E-state index contributed by atoms with van der Waals surface area (Å²) >= 11 is 0. The van der Waals surface area contributed by atoms with Gasteiger partial charge in [-0.25, -0.2) is 0 Å². The van der Waals surface area contributed by atoms with E-state index in [-0.39, 0.29) is 30.2 Å². The van der Waals surface area contributed by atoms with Gasteiger partial charge in [0.1, 0.15) is 6.04 Å². The molecule has 3 unspecified atom stereocenters. The number of amides is 3. The Hall–Kier alpha value is -2.89. The van der Waals surface area contributed by atoms with Crippen LogP contribution in [0.3, 0.4) is 0 Å². The minimum Gasteiger partial charge on any atom is -0.344 e. The average molecular weight is 383 g/mol. The molecule has 1 aliphatic heterocycles. The van der Waals surface area contributed by atoms with Gasteiger partial charge in [0.15, 0.2) is 0 Å². The van der Waals surface area contributed by atoms with Gasteiger partial charge in [-0.1, -0.05) is 42.0 Å². The standard InChI is InChI=1S/C22H29N3O3/c1-6-12-25(13-7-2)22(28)16(4)23-21(27)18-14-19(26)24(5)20(18)17-10-8-15(3)9-11-17/h6-11,16,18,20H,1-2,12-14H2,3-5H3,(H,23,27). The molecule has 6 nitrogen and oxygen atoms in total. The summed E-state index contributed by atoms with van der Waals surface area (Å²) in [5.74, 6) is -1.12. The number of likely N-dealkylation sites (tertiary alicyclic amines) is 1. The van der Waals surface area contributed by atoms with Crippen molar-refractivity contribution in [1.82, 2.24) is 15.1 Å². The Morgan fingerprint density at radius 1 is 1.25 bits per heavy atom. The summed E-state index contributed by atoms with van der Waals surface area (Å²) in [7, 11) is 1.71. The van der Waals surface area contributed by atoms with Crippen LogP contribution in [0.25, 0.3) is 0 Å². The number of aryl methyl sites for hydroxylation is 1. The largest absolute Gasteiger partial charge is 0.344 e. The number of carbonyl (C=O) groups is 3. The zero-order chi connectivity index (χ0) is 20.8. The second-order valence-corrected chi connectivity index (χ2v) is 7.22. The Balaban J connectivity index is 2.15. The van der Waals surface area contributed by atoms with E-state index in [1.54, 1.807) is 35.9 Å². The molecule has 1 heterocycles. The summed E-state index contributed by atoms with van der Waals surface area (Å²) < 4.78 is 0. The van der Waals surface area contributed by atoms with E-state index in [0.717, 1.165) is 11.1 Å². The molecular weight excluding hydrogens is 354 g/mol. The van der Waals surface area contributed by atoms with E-state index >= 15 is 0 Å². The van der Waals surface area contributed by atoms with Gasteiger partial charge >= 0.3 is 0 Å². The summed E-state index contributed by atoms with van der Waals surface area (Å²) in [6.45, 7) is 11.7. The van der Waals surface area contributed by atoms with Crippen molar-refractivity contribution in [3.05, 3.63) is 60.7 Å². The van der Waals surface area contributed by atoms with Gasteiger partial charge in [0.2, 0.25) is 17.7 Å². The predicted octanol–water partition coefficient (Wildman–Crippen LogP) is 2.22. The maximum absolute atomic E-state index is 12.9. The second kappa shape index (κ2) is 9.35. The molecule has 1 aromatic carbocycles. The predicted molar refractivity (Wildman–Crippen MR) is 109 cm³/mol. The number of nitrogens with one attached hydrogen (secondary N) is 1. The zero-order valence-electron chi connectivity index (χ0n) is 16.9. The number of rotatable bonds is 8. The zero-order valence-corrected chi connectivity index (χ0v) is 16.9. The van der Waals surface area contributed by atoms with Crippen LogP contribution in [0.2, 0.25) is 0 Å². The number of benzene rings is 1. The van der Waals surface area contributed by atoms with Gasteiger partial charge in [0, 0.05) is 26.6 Å². The quantitative estimate of drug-likeness (QED) is 0.700. The molecule has 3 atom stereocenters. The maximum Gasteiger partial charge on any atom is 0.245 e. The van der Waals surface area contributed by atoms with Crippen molar-refractivity contribution in [2.45, 2.75) is 32.4 Å². The molecule has 1 saturated heterocycles. The van der Waals surface area contributed by atoms with Crippen molar-refractivity contribution in [2.75, 3.05) is 20.1 Å². The molecule has 0 radical (unpaired) electrons. The molecule has 2 rings (SSSR count). The fourth-order valence-electron chi connectivity index (χ4n) is 3.55. The maximum atomic E-state index is 12.9. The van der Waals surface area contributed by atoms with Gasteiger partial charge in [-0.15, -0.1) is 13.2 Å². The van der Waals surface area contributed by atoms with E-state index in [2.05, 4.69) is 18.5 Å². The first kappa shape index (κ1) is 21.4. The van der Waals surface area contributed by atoms with Crippen molar-refractivity contribution in [1.29, 1.82) is 0 Å². The topological polar surface area (TPSA) is 69.7 Å². The van der Waals surface area contributed by atoms with Crippen LogP contribution in [0.4, 0.5) is 0 Å². The lowest BCUT2D eigenvalue weighted by Crippen LogP contribution is -2.49. The summed E-state index contributed by atoms with van der Waals surface area (Å²) in [4.78, 5) is 41.0.